The van der Waals surface area contributed by atoms with Gasteiger partial charge in [0.1, 0.15) is 17.2 Å². The van der Waals surface area contributed by atoms with Crippen molar-refractivity contribution in [1.29, 1.82) is 0 Å². The molecule has 0 spiro atoms. The minimum Gasteiger partial charge on any atom is -0.335 e. The average molecular weight is 328 g/mol. The highest BCUT2D eigenvalue weighted by molar-refractivity contribution is 5.78. The van der Waals surface area contributed by atoms with E-state index >= 15 is 0 Å². The number of aryl methyl sites for hydroxylation is 5. The molecule has 24 heavy (non-hydrogen) atoms. The van der Waals surface area contributed by atoms with Gasteiger partial charge in [-0.3, -0.25) is 4.98 Å². The molecule has 0 bridgehead atoms. The van der Waals surface area contributed by atoms with E-state index in [1.807, 2.05) is 54.9 Å². The molecule has 3 aromatic heterocycles. The standard InChI is InChI=1S/C10H13N3.C8H15N3/c1-6-5-9-10(7(2)11-6)12-8(3)13(9)4;1-6(9)4-8-5-10-7(2)11(8)3/h5H,1-4H3;5-6H,4,9H2,1-3H3. The smallest absolute Gasteiger partial charge is 0.110 e. The van der Waals surface area contributed by atoms with Gasteiger partial charge >= 0.3 is 0 Å². The van der Waals surface area contributed by atoms with Crippen molar-refractivity contribution < 1.29 is 0 Å². The lowest BCUT2D eigenvalue weighted by molar-refractivity contribution is 0.683. The van der Waals surface area contributed by atoms with Crippen molar-refractivity contribution in [2.75, 3.05) is 0 Å². The van der Waals surface area contributed by atoms with Crippen molar-refractivity contribution in [3.8, 4) is 0 Å². The molecule has 0 aliphatic heterocycles. The van der Waals surface area contributed by atoms with Gasteiger partial charge in [0.15, 0.2) is 0 Å². The first-order valence-electron chi connectivity index (χ1n) is 8.20. The number of nitrogens with two attached hydrogens (primary N) is 1. The Kier molecular flexibility index (Phi) is 5.39. The Balaban J connectivity index is 0.000000177. The first kappa shape index (κ1) is 18.1. The maximum absolute atomic E-state index is 5.66. The summed E-state index contributed by atoms with van der Waals surface area (Å²) in [6.07, 6.45) is 2.79. The van der Waals surface area contributed by atoms with Crippen LogP contribution >= 0.6 is 0 Å². The number of hydrogen-bond acceptors (Lipinski definition) is 4. The van der Waals surface area contributed by atoms with Crippen molar-refractivity contribution in [2.45, 2.75) is 47.1 Å². The van der Waals surface area contributed by atoms with Gasteiger partial charge in [0.2, 0.25) is 0 Å². The number of pyridine rings is 1. The van der Waals surface area contributed by atoms with Gasteiger partial charge in [-0.15, -0.1) is 0 Å². The molecule has 0 aromatic carbocycles. The Morgan fingerprint density at radius 2 is 1.71 bits per heavy atom. The van der Waals surface area contributed by atoms with Gasteiger partial charge in [-0.2, -0.15) is 0 Å². The van der Waals surface area contributed by atoms with Crippen molar-refractivity contribution >= 4 is 11.0 Å². The molecule has 2 N–H and O–H groups in total. The predicted molar refractivity (Wildman–Crippen MR) is 98.0 cm³/mol. The molecule has 130 valence electrons. The quantitative estimate of drug-likeness (QED) is 0.784. The molecule has 0 saturated heterocycles. The summed E-state index contributed by atoms with van der Waals surface area (Å²) >= 11 is 0. The Morgan fingerprint density at radius 1 is 1.04 bits per heavy atom. The van der Waals surface area contributed by atoms with Crippen LogP contribution in [-0.4, -0.2) is 30.1 Å². The third kappa shape index (κ3) is 3.82. The van der Waals surface area contributed by atoms with Crippen LogP contribution in [0.1, 0.15) is 35.7 Å². The summed E-state index contributed by atoms with van der Waals surface area (Å²) in [5, 5.41) is 0. The highest BCUT2D eigenvalue weighted by atomic mass is 15.1. The molecule has 3 rings (SSSR count). The van der Waals surface area contributed by atoms with E-state index in [-0.39, 0.29) is 6.04 Å². The Labute approximate surface area is 143 Å². The predicted octanol–water partition coefficient (Wildman–Crippen LogP) is 2.51. The van der Waals surface area contributed by atoms with E-state index in [0.717, 1.165) is 35.0 Å². The third-order valence-electron chi connectivity index (χ3n) is 4.24. The summed E-state index contributed by atoms with van der Waals surface area (Å²) in [6, 6.07) is 2.28. The molecule has 6 nitrogen and oxygen atoms in total. The van der Waals surface area contributed by atoms with Gasteiger partial charge in [0.05, 0.1) is 11.2 Å². The molecule has 0 amide bonds. The normalized spacial score (nSPS) is 12.2. The van der Waals surface area contributed by atoms with E-state index in [2.05, 4.69) is 30.2 Å². The van der Waals surface area contributed by atoms with Crippen LogP contribution in [0.2, 0.25) is 0 Å². The van der Waals surface area contributed by atoms with Crippen LogP contribution in [0.25, 0.3) is 11.0 Å². The minimum atomic E-state index is 0.213. The zero-order valence-electron chi connectivity index (χ0n) is 15.8. The molecule has 6 heteroatoms. The fourth-order valence-electron chi connectivity index (χ4n) is 2.67. The number of imidazole rings is 2. The fourth-order valence-corrected chi connectivity index (χ4v) is 2.67. The van der Waals surface area contributed by atoms with Crippen molar-refractivity contribution in [2.24, 2.45) is 19.8 Å². The summed E-state index contributed by atoms with van der Waals surface area (Å²) in [7, 11) is 4.05. The van der Waals surface area contributed by atoms with Crippen molar-refractivity contribution in [1.82, 2.24) is 24.1 Å². The molecule has 1 unspecified atom stereocenters. The zero-order valence-corrected chi connectivity index (χ0v) is 15.8. The van der Waals surface area contributed by atoms with Crippen LogP contribution in [0.4, 0.5) is 0 Å². The topological polar surface area (TPSA) is 74.6 Å². The summed E-state index contributed by atoms with van der Waals surface area (Å²) in [4.78, 5) is 13.0. The zero-order chi connectivity index (χ0) is 18.0. The molecule has 0 fully saturated rings. The van der Waals surface area contributed by atoms with Crippen LogP contribution < -0.4 is 5.73 Å². The van der Waals surface area contributed by atoms with E-state index < -0.39 is 0 Å². The highest BCUT2D eigenvalue weighted by Gasteiger charge is 2.07. The first-order valence-corrected chi connectivity index (χ1v) is 8.20. The van der Waals surface area contributed by atoms with Gasteiger partial charge in [-0.05, 0) is 40.7 Å². The van der Waals surface area contributed by atoms with Crippen LogP contribution in [0.5, 0.6) is 0 Å². The van der Waals surface area contributed by atoms with Gasteiger partial charge < -0.3 is 14.9 Å². The van der Waals surface area contributed by atoms with Crippen molar-refractivity contribution in [3.05, 3.63) is 41.0 Å². The van der Waals surface area contributed by atoms with E-state index in [0.29, 0.717) is 0 Å². The van der Waals surface area contributed by atoms with Crippen LogP contribution in [-0.2, 0) is 20.5 Å². The van der Waals surface area contributed by atoms with Gasteiger partial charge in [0, 0.05) is 44.1 Å². The maximum Gasteiger partial charge on any atom is 0.110 e. The molecule has 3 aromatic rings. The van der Waals surface area contributed by atoms with Gasteiger partial charge in [0.25, 0.3) is 0 Å². The SMILES string of the molecule is Cc1cc2c(nc(C)n2C)c(C)n1.Cc1ncc(CC(C)N)n1C. The summed E-state index contributed by atoms with van der Waals surface area (Å²) in [6.45, 7) is 10.0. The monoisotopic (exact) mass is 328 g/mol. The van der Waals surface area contributed by atoms with Crippen molar-refractivity contribution in [3.63, 3.8) is 0 Å². The second-order valence-corrected chi connectivity index (χ2v) is 6.47. The maximum atomic E-state index is 5.66. The molecule has 3 heterocycles. The number of hydrogen-bond donors (Lipinski definition) is 1. The Morgan fingerprint density at radius 3 is 2.25 bits per heavy atom. The van der Waals surface area contributed by atoms with E-state index in [1.54, 1.807) is 0 Å². The van der Waals surface area contributed by atoms with Gasteiger partial charge in [-0.25, -0.2) is 9.97 Å². The molecule has 0 saturated carbocycles. The number of fused-ring (bicyclic) bond motifs is 1. The summed E-state index contributed by atoms with van der Waals surface area (Å²) < 4.78 is 4.17. The molecular formula is C18H28N6. The number of nitrogens with zero attached hydrogens (tertiary/aromatic N) is 5. The lowest BCUT2D eigenvalue weighted by Gasteiger charge is -2.05. The molecule has 0 aliphatic rings. The molecule has 0 aliphatic carbocycles. The Hall–Kier alpha value is -2.21. The lowest BCUT2D eigenvalue weighted by atomic mass is 10.2. The van der Waals surface area contributed by atoms with E-state index in [9.17, 15) is 0 Å². The van der Waals surface area contributed by atoms with Crippen LogP contribution in [0.15, 0.2) is 12.3 Å². The first-order chi connectivity index (χ1) is 11.2. The molecule has 1 atom stereocenters. The lowest BCUT2D eigenvalue weighted by Crippen LogP contribution is -2.19. The fraction of sp³-hybridized carbons (Fsp3) is 0.500. The molecule has 0 radical (unpaired) electrons. The summed E-state index contributed by atoms with van der Waals surface area (Å²) in [5.41, 5.74) is 11.1. The minimum absolute atomic E-state index is 0.213. The van der Waals surface area contributed by atoms with Crippen LogP contribution in [0, 0.1) is 27.7 Å². The van der Waals surface area contributed by atoms with E-state index in [4.69, 9.17) is 5.73 Å². The van der Waals surface area contributed by atoms with Gasteiger partial charge in [-0.1, -0.05) is 0 Å². The average Bonchev–Trinajstić information content (AvgIpc) is 2.95. The number of rotatable bonds is 2. The second-order valence-electron chi connectivity index (χ2n) is 6.47. The number of aromatic nitrogens is 5. The largest absolute Gasteiger partial charge is 0.335 e. The van der Waals surface area contributed by atoms with Crippen LogP contribution in [0.3, 0.4) is 0 Å². The second kappa shape index (κ2) is 7.13. The summed E-state index contributed by atoms with van der Waals surface area (Å²) in [5.74, 6) is 2.08. The molecular weight excluding hydrogens is 300 g/mol. The van der Waals surface area contributed by atoms with E-state index in [1.165, 1.54) is 11.2 Å². The Bertz CT molecular complexity index is 841. The highest BCUT2D eigenvalue weighted by Crippen LogP contribution is 2.17. The third-order valence-corrected chi connectivity index (χ3v) is 4.24.